The molecule has 1 heterocycles. The second-order valence-electron chi connectivity index (χ2n) is 4.97. The fourth-order valence-electron chi connectivity index (χ4n) is 2.66. The van der Waals surface area contributed by atoms with E-state index in [1.807, 2.05) is 24.6 Å². The smallest absolute Gasteiger partial charge is 0.337 e. The minimum atomic E-state index is -0.883. The van der Waals surface area contributed by atoms with Gasteiger partial charge in [0, 0.05) is 24.7 Å². The molecule has 4 nitrogen and oxygen atoms in total. The first-order valence-corrected chi connectivity index (χ1v) is 7.11. The number of fused-ring (bicyclic) bond motifs is 1. The van der Waals surface area contributed by atoms with E-state index in [9.17, 15) is 9.90 Å². The molecule has 0 radical (unpaired) electrons. The maximum Gasteiger partial charge on any atom is 0.337 e. The molecule has 0 atom stereocenters. The topological polar surface area (TPSA) is 62.5 Å². The Bertz CT molecular complexity index is 628. The number of rotatable bonds is 6. The van der Waals surface area contributed by atoms with Crippen molar-refractivity contribution < 1.29 is 15.0 Å². The third-order valence-corrected chi connectivity index (χ3v) is 3.70. The summed E-state index contributed by atoms with van der Waals surface area (Å²) < 4.78 is 1.99. The predicted octanol–water partition coefficient (Wildman–Crippen LogP) is 2.85. The van der Waals surface area contributed by atoms with Crippen molar-refractivity contribution in [2.24, 2.45) is 0 Å². The Hall–Kier alpha value is -1.81. The molecule has 2 rings (SSSR count). The van der Waals surface area contributed by atoms with Crippen molar-refractivity contribution in [1.29, 1.82) is 0 Å². The first-order valence-electron chi connectivity index (χ1n) is 7.11. The minimum Gasteiger partial charge on any atom is -0.478 e. The number of hydrogen-bond donors (Lipinski definition) is 2. The molecule has 4 heteroatoms. The predicted molar refractivity (Wildman–Crippen MR) is 79.4 cm³/mol. The summed E-state index contributed by atoms with van der Waals surface area (Å²) in [5, 5.41) is 19.5. The van der Waals surface area contributed by atoms with E-state index in [0.29, 0.717) is 12.0 Å². The summed E-state index contributed by atoms with van der Waals surface area (Å²) in [6.07, 6.45) is 4.30. The van der Waals surface area contributed by atoms with Gasteiger partial charge in [-0.1, -0.05) is 6.92 Å². The van der Waals surface area contributed by atoms with E-state index in [0.717, 1.165) is 41.4 Å². The third-order valence-electron chi connectivity index (χ3n) is 3.70. The van der Waals surface area contributed by atoms with Crippen molar-refractivity contribution in [1.82, 2.24) is 4.57 Å². The van der Waals surface area contributed by atoms with Crippen LogP contribution in [0.4, 0.5) is 0 Å². The molecule has 0 amide bonds. The lowest BCUT2D eigenvalue weighted by molar-refractivity contribution is 0.0698. The van der Waals surface area contributed by atoms with Gasteiger partial charge in [0.2, 0.25) is 0 Å². The van der Waals surface area contributed by atoms with Crippen molar-refractivity contribution in [3.05, 3.63) is 35.0 Å². The van der Waals surface area contributed by atoms with Gasteiger partial charge < -0.3 is 14.8 Å². The molecule has 2 N–H and O–H groups in total. The van der Waals surface area contributed by atoms with Crippen LogP contribution in [0.2, 0.25) is 0 Å². The van der Waals surface area contributed by atoms with E-state index in [2.05, 4.69) is 6.07 Å². The maximum atomic E-state index is 11.5. The van der Waals surface area contributed by atoms with Crippen LogP contribution < -0.4 is 0 Å². The molecule has 0 saturated heterocycles. The van der Waals surface area contributed by atoms with Crippen LogP contribution in [0.1, 0.15) is 41.8 Å². The Kier molecular flexibility index (Phi) is 4.45. The van der Waals surface area contributed by atoms with Gasteiger partial charge in [0.25, 0.3) is 0 Å². The largest absolute Gasteiger partial charge is 0.478 e. The molecule has 20 heavy (non-hydrogen) atoms. The van der Waals surface area contributed by atoms with Crippen LogP contribution in [-0.4, -0.2) is 27.4 Å². The summed E-state index contributed by atoms with van der Waals surface area (Å²) in [4.78, 5) is 11.5. The summed E-state index contributed by atoms with van der Waals surface area (Å²) >= 11 is 0. The fraction of sp³-hybridized carbons (Fsp3) is 0.438. The molecule has 0 spiro atoms. The molecule has 0 aliphatic carbocycles. The Labute approximate surface area is 118 Å². The number of carboxylic acid groups (broad SMARTS) is 1. The highest BCUT2D eigenvalue weighted by Gasteiger charge is 2.17. The summed E-state index contributed by atoms with van der Waals surface area (Å²) in [5.74, 6) is -0.883. The highest BCUT2D eigenvalue weighted by Crippen LogP contribution is 2.28. The number of nitrogens with zero attached hydrogens (tertiary/aromatic N) is 1. The standard InChI is InChI=1S/C16H21NO3/c1-3-11-8-13-12(6-5-7-18)10-17(4-2)15(13)14(9-11)16(19)20/h8-10,18H,3-7H2,1-2H3,(H,19,20). The first kappa shape index (κ1) is 14.6. The first-order chi connectivity index (χ1) is 9.62. The van der Waals surface area contributed by atoms with Crippen molar-refractivity contribution in [3.8, 4) is 0 Å². The third kappa shape index (κ3) is 2.56. The minimum absolute atomic E-state index is 0.151. The molecule has 1 aromatic carbocycles. The van der Waals surface area contributed by atoms with Gasteiger partial charge >= 0.3 is 5.97 Å². The number of benzene rings is 1. The highest BCUT2D eigenvalue weighted by atomic mass is 16.4. The molecule has 2 aromatic rings. The molecule has 0 saturated carbocycles. The number of aliphatic hydroxyl groups excluding tert-OH is 1. The van der Waals surface area contributed by atoms with Crippen LogP contribution in [0, 0.1) is 0 Å². The average molecular weight is 275 g/mol. The van der Waals surface area contributed by atoms with Gasteiger partial charge in [-0.05, 0) is 49.4 Å². The van der Waals surface area contributed by atoms with E-state index >= 15 is 0 Å². The van der Waals surface area contributed by atoms with Gasteiger partial charge in [-0.15, -0.1) is 0 Å². The van der Waals surface area contributed by atoms with Gasteiger partial charge in [0.15, 0.2) is 0 Å². The zero-order valence-electron chi connectivity index (χ0n) is 12.0. The summed E-state index contributed by atoms with van der Waals surface area (Å²) in [6.45, 7) is 4.92. The maximum absolute atomic E-state index is 11.5. The van der Waals surface area contributed by atoms with Gasteiger partial charge in [-0.2, -0.15) is 0 Å². The lowest BCUT2D eigenvalue weighted by Crippen LogP contribution is -2.03. The number of aromatic carboxylic acids is 1. The highest BCUT2D eigenvalue weighted by molar-refractivity contribution is 6.03. The van der Waals surface area contributed by atoms with Crippen molar-refractivity contribution in [2.45, 2.75) is 39.7 Å². The molecule has 0 aliphatic heterocycles. The van der Waals surface area contributed by atoms with E-state index < -0.39 is 5.97 Å². The SMILES string of the molecule is CCc1cc(C(=O)O)c2c(c1)c(CCCO)cn2CC. The Morgan fingerprint density at radius 3 is 2.60 bits per heavy atom. The summed E-state index contributed by atoms with van der Waals surface area (Å²) in [7, 11) is 0. The molecular weight excluding hydrogens is 254 g/mol. The van der Waals surface area contributed by atoms with Crippen LogP contribution in [0.25, 0.3) is 10.9 Å². The van der Waals surface area contributed by atoms with Crippen LogP contribution in [-0.2, 0) is 19.4 Å². The number of carbonyl (C=O) groups is 1. The lowest BCUT2D eigenvalue weighted by atomic mass is 10.0. The van der Waals surface area contributed by atoms with E-state index in [1.54, 1.807) is 6.07 Å². The number of aryl methyl sites for hydroxylation is 3. The molecule has 108 valence electrons. The van der Waals surface area contributed by atoms with Gasteiger partial charge in [0.1, 0.15) is 0 Å². The number of hydrogen-bond acceptors (Lipinski definition) is 2. The van der Waals surface area contributed by atoms with E-state index in [4.69, 9.17) is 5.11 Å². The molecule has 1 aromatic heterocycles. The van der Waals surface area contributed by atoms with Crippen LogP contribution in [0.15, 0.2) is 18.3 Å². The normalized spacial score (nSPS) is 11.2. The zero-order chi connectivity index (χ0) is 14.7. The number of aromatic nitrogens is 1. The number of carboxylic acids is 1. The number of aliphatic hydroxyl groups is 1. The molecule has 0 bridgehead atoms. The van der Waals surface area contributed by atoms with E-state index in [1.165, 1.54) is 0 Å². The van der Waals surface area contributed by atoms with Crippen LogP contribution in [0.5, 0.6) is 0 Å². The van der Waals surface area contributed by atoms with Crippen molar-refractivity contribution >= 4 is 16.9 Å². The lowest BCUT2D eigenvalue weighted by Gasteiger charge is -2.07. The molecule has 0 aliphatic rings. The van der Waals surface area contributed by atoms with Crippen molar-refractivity contribution in [3.63, 3.8) is 0 Å². The fourth-order valence-corrected chi connectivity index (χ4v) is 2.66. The Balaban J connectivity index is 2.71. The van der Waals surface area contributed by atoms with Gasteiger partial charge in [-0.25, -0.2) is 4.79 Å². The summed E-state index contributed by atoms with van der Waals surface area (Å²) in [6, 6.07) is 3.85. The van der Waals surface area contributed by atoms with E-state index in [-0.39, 0.29) is 6.61 Å². The van der Waals surface area contributed by atoms with Gasteiger partial charge in [0.05, 0.1) is 11.1 Å². The Morgan fingerprint density at radius 2 is 2.05 bits per heavy atom. The Morgan fingerprint density at radius 1 is 1.30 bits per heavy atom. The molecule has 0 fully saturated rings. The molecular formula is C16H21NO3. The second kappa shape index (κ2) is 6.09. The average Bonchev–Trinajstić information content (AvgIpc) is 2.81. The van der Waals surface area contributed by atoms with Crippen LogP contribution >= 0.6 is 0 Å². The monoisotopic (exact) mass is 275 g/mol. The quantitative estimate of drug-likeness (QED) is 0.852. The zero-order valence-corrected chi connectivity index (χ0v) is 12.0. The second-order valence-corrected chi connectivity index (χ2v) is 4.97. The summed E-state index contributed by atoms with van der Waals surface area (Å²) in [5.41, 5.74) is 3.32. The molecule has 0 unspecified atom stereocenters. The van der Waals surface area contributed by atoms with Gasteiger partial charge in [-0.3, -0.25) is 0 Å². The van der Waals surface area contributed by atoms with Crippen molar-refractivity contribution in [2.75, 3.05) is 6.61 Å². The van der Waals surface area contributed by atoms with Crippen LogP contribution in [0.3, 0.4) is 0 Å².